The molecule has 0 radical (unpaired) electrons. The highest BCUT2D eigenvalue weighted by Crippen LogP contribution is 2.39. The van der Waals surface area contributed by atoms with Crippen LogP contribution in [-0.4, -0.2) is 50.0 Å². The predicted molar refractivity (Wildman–Crippen MR) is 81.9 cm³/mol. The van der Waals surface area contributed by atoms with Crippen molar-refractivity contribution >= 4 is 0 Å². The molecule has 2 aliphatic rings. The van der Waals surface area contributed by atoms with E-state index in [1.54, 1.807) is 6.33 Å². The van der Waals surface area contributed by atoms with E-state index in [0.29, 0.717) is 30.3 Å². The first-order valence-corrected chi connectivity index (χ1v) is 8.31. The molecule has 0 amide bonds. The van der Waals surface area contributed by atoms with E-state index < -0.39 is 0 Å². The molecular formula is C16H28N4O. The van der Waals surface area contributed by atoms with Gasteiger partial charge in [0.15, 0.2) is 0 Å². The molecule has 5 heteroatoms. The Hall–Kier alpha value is -0.940. The zero-order chi connectivity index (χ0) is 15.0. The summed E-state index contributed by atoms with van der Waals surface area (Å²) in [5.74, 6) is 1.90. The molecule has 2 fully saturated rings. The van der Waals surface area contributed by atoms with Crippen LogP contribution in [0.25, 0.3) is 0 Å². The molecule has 3 heterocycles. The second-order valence-electron chi connectivity index (χ2n) is 7.31. The summed E-state index contributed by atoms with van der Waals surface area (Å²) in [6, 6.07) is 1.36. The van der Waals surface area contributed by atoms with Crippen LogP contribution in [-0.2, 0) is 13.0 Å². The average Bonchev–Trinajstić information content (AvgIpc) is 2.90. The highest BCUT2D eigenvalue weighted by atomic mass is 16.3. The summed E-state index contributed by atoms with van der Waals surface area (Å²) in [5, 5.41) is 14.9. The summed E-state index contributed by atoms with van der Waals surface area (Å²) < 4.78 is 1.96. The monoisotopic (exact) mass is 292 g/mol. The van der Waals surface area contributed by atoms with Crippen molar-refractivity contribution in [3.8, 4) is 0 Å². The molecule has 2 saturated heterocycles. The van der Waals surface area contributed by atoms with Crippen LogP contribution in [0.3, 0.4) is 0 Å². The minimum atomic E-state index is -0.281. The van der Waals surface area contributed by atoms with Crippen molar-refractivity contribution in [3.63, 3.8) is 0 Å². The van der Waals surface area contributed by atoms with Crippen LogP contribution < -0.4 is 0 Å². The van der Waals surface area contributed by atoms with Gasteiger partial charge in [0.05, 0.1) is 6.10 Å². The van der Waals surface area contributed by atoms with Crippen molar-refractivity contribution in [1.29, 1.82) is 0 Å². The van der Waals surface area contributed by atoms with Crippen LogP contribution >= 0.6 is 0 Å². The maximum absolute atomic E-state index is 10.7. The summed E-state index contributed by atoms with van der Waals surface area (Å²) in [6.45, 7) is 5.23. The van der Waals surface area contributed by atoms with E-state index in [1.807, 2.05) is 4.68 Å². The lowest BCUT2D eigenvalue weighted by Crippen LogP contribution is -2.43. The summed E-state index contributed by atoms with van der Waals surface area (Å²) in [4.78, 5) is 6.87. The first-order valence-electron chi connectivity index (χ1n) is 8.31. The van der Waals surface area contributed by atoms with Gasteiger partial charge in [0, 0.05) is 25.0 Å². The minimum Gasteiger partial charge on any atom is -0.392 e. The van der Waals surface area contributed by atoms with E-state index in [2.05, 4.69) is 35.9 Å². The van der Waals surface area contributed by atoms with E-state index in [0.717, 1.165) is 25.2 Å². The van der Waals surface area contributed by atoms with Gasteiger partial charge in [-0.05, 0) is 44.6 Å². The average molecular weight is 292 g/mol. The third-order valence-electron chi connectivity index (χ3n) is 5.30. The third-order valence-corrected chi connectivity index (χ3v) is 5.30. The van der Waals surface area contributed by atoms with E-state index in [-0.39, 0.29) is 6.10 Å². The van der Waals surface area contributed by atoms with Crippen LogP contribution in [0.4, 0.5) is 0 Å². The van der Waals surface area contributed by atoms with Gasteiger partial charge in [0.2, 0.25) is 0 Å². The fourth-order valence-electron chi connectivity index (χ4n) is 4.07. The van der Waals surface area contributed by atoms with Crippen molar-refractivity contribution in [1.82, 2.24) is 19.7 Å². The predicted octanol–water partition coefficient (Wildman–Crippen LogP) is 1.71. The van der Waals surface area contributed by atoms with Gasteiger partial charge in [0.1, 0.15) is 12.2 Å². The molecule has 1 aromatic heterocycles. The molecule has 3 rings (SSSR count). The molecule has 0 saturated carbocycles. The lowest BCUT2D eigenvalue weighted by atomic mass is 9.85. The molecule has 2 bridgehead atoms. The number of aromatic nitrogens is 3. The standard InChI is InChI=1S/C16H28N4O/c1-11(2)9-20-16(17-10-18-20)8-15(21)12-6-13-4-5-14(7-12)19(13)3/h10-15,21H,4-9H2,1-3H3. The molecule has 3 unspecified atom stereocenters. The van der Waals surface area contributed by atoms with E-state index in [9.17, 15) is 5.11 Å². The normalized spacial score (nSPS) is 31.0. The maximum Gasteiger partial charge on any atom is 0.138 e. The summed E-state index contributed by atoms with van der Waals surface area (Å²) in [6.07, 6.45) is 6.83. The van der Waals surface area contributed by atoms with Gasteiger partial charge in [-0.3, -0.25) is 0 Å². The van der Waals surface area contributed by atoms with Crippen molar-refractivity contribution in [2.24, 2.45) is 11.8 Å². The van der Waals surface area contributed by atoms with Crippen LogP contribution in [0.15, 0.2) is 6.33 Å². The Labute approximate surface area is 127 Å². The van der Waals surface area contributed by atoms with Gasteiger partial charge in [-0.1, -0.05) is 13.8 Å². The quantitative estimate of drug-likeness (QED) is 0.897. The van der Waals surface area contributed by atoms with Crippen molar-refractivity contribution in [2.75, 3.05) is 7.05 Å². The zero-order valence-electron chi connectivity index (χ0n) is 13.4. The smallest absolute Gasteiger partial charge is 0.138 e. The Kier molecular flexibility index (Phi) is 4.31. The number of hydrogen-bond acceptors (Lipinski definition) is 4. The number of nitrogens with zero attached hydrogens (tertiary/aromatic N) is 4. The summed E-state index contributed by atoms with van der Waals surface area (Å²) in [5.41, 5.74) is 0. The number of aliphatic hydroxyl groups is 1. The fourth-order valence-corrected chi connectivity index (χ4v) is 4.07. The number of rotatable bonds is 5. The summed E-state index contributed by atoms with van der Waals surface area (Å²) in [7, 11) is 2.24. The number of fused-ring (bicyclic) bond motifs is 2. The fraction of sp³-hybridized carbons (Fsp3) is 0.875. The SMILES string of the molecule is CC(C)Cn1ncnc1CC(O)C1CC2CCC(C1)N2C. The Bertz CT molecular complexity index is 459. The highest BCUT2D eigenvalue weighted by molar-refractivity contribution is 4.98. The van der Waals surface area contributed by atoms with E-state index in [1.165, 1.54) is 12.8 Å². The Morgan fingerprint density at radius 2 is 1.95 bits per heavy atom. The lowest BCUT2D eigenvalue weighted by molar-refractivity contribution is 0.0351. The van der Waals surface area contributed by atoms with E-state index in [4.69, 9.17) is 0 Å². The molecule has 5 nitrogen and oxygen atoms in total. The topological polar surface area (TPSA) is 54.2 Å². The highest BCUT2D eigenvalue weighted by Gasteiger charge is 2.40. The molecule has 0 aromatic carbocycles. The van der Waals surface area contributed by atoms with Crippen LogP contribution in [0.5, 0.6) is 0 Å². The molecule has 0 aliphatic carbocycles. The molecule has 1 aromatic rings. The first kappa shape index (κ1) is 15.0. The largest absolute Gasteiger partial charge is 0.392 e. The van der Waals surface area contributed by atoms with Gasteiger partial charge < -0.3 is 10.0 Å². The lowest BCUT2D eigenvalue weighted by Gasteiger charge is -2.38. The van der Waals surface area contributed by atoms with Gasteiger partial charge in [-0.15, -0.1) is 0 Å². The number of aliphatic hydroxyl groups excluding tert-OH is 1. The maximum atomic E-state index is 10.7. The van der Waals surface area contributed by atoms with Crippen LogP contribution in [0, 0.1) is 11.8 Å². The first-order chi connectivity index (χ1) is 10.0. The molecule has 21 heavy (non-hydrogen) atoms. The minimum absolute atomic E-state index is 0.281. The number of hydrogen-bond donors (Lipinski definition) is 1. The molecular weight excluding hydrogens is 264 g/mol. The van der Waals surface area contributed by atoms with Gasteiger partial charge in [-0.2, -0.15) is 5.10 Å². The molecule has 0 spiro atoms. The third kappa shape index (κ3) is 3.14. The van der Waals surface area contributed by atoms with E-state index >= 15 is 0 Å². The van der Waals surface area contributed by atoms with Crippen molar-refractivity contribution < 1.29 is 5.11 Å². The second-order valence-corrected chi connectivity index (χ2v) is 7.31. The van der Waals surface area contributed by atoms with Crippen LogP contribution in [0.2, 0.25) is 0 Å². The molecule has 1 N–H and O–H groups in total. The van der Waals surface area contributed by atoms with Gasteiger partial charge in [0.25, 0.3) is 0 Å². The zero-order valence-corrected chi connectivity index (χ0v) is 13.4. The van der Waals surface area contributed by atoms with Gasteiger partial charge in [-0.25, -0.2) is 9.67 Å². The number of piperidine rings is 1. The Morgan fingerprint density at radius 3 is 2.57 bits per heavy atom. The summed E-state index contributed by atoms with van der Waals surface area (Å²) >= 11 is 0. The molecule has 3 atom stereocenters. The molecule has 2 aliphatic heterocycles. The van der Waals surface area contributed by atoms with Gasteiger partial charge >= 0.3 is 0 Å². The van der Waals surface area contributed by atoms with Crippen LogP contribution in [0.1, 0.15) is 45.4 Å². The van der Waals surface area contributed by atoms with Crippen molar-refractivity contribution in [2.45, 2.75) is 70.7 Å². The Morgan fingerprint density at radius 1 is 1.29 bits per heavy atom. The van der Waals surface area contributed by atoms with Crippen molar-refractivity contribution in [3.05, 3.63) is 12.2 Å². The molecule has 118 valence electrons. The Balaban J connectivity index is 1.62. The second kappa shape index (κ2) is 6.05.